The van der Waals surface area contributed by atoms with E-state index in [9.17, 15) is 19.5 Å². The smallest absolute Gasteiger partial charge is 0.330 e. The number of nitrogens with zero attached hydrogens (tertiary/aromatic N) is 1. The molecular formula is C15H17NO5. The van der Waals surface area contributed by atoms with Crippen LogP contribution in [0.15, 0.2) is 12.2 Å². The molecule has 112 valence electrons. The molecule has 21 heavy (non-hydrogen) atoms. The molecule has 4 aliphatic rings. The fraction of sp³-hybridized carbons (Fsp3) is 0.667. The minimum absolute atomic E-state index is 0.104. The summed E-state index contributed by atoms with van der Waals surface area (Å²) in [5.74, 6) is -2.14. The lowest BCUT2D eigenvalue weighted by Gasteiger charge is -2.40. The van der Waals surface area contributed by atoms with Crippen molar-refractivity contribution in [1.82, 2.24) is 4.90 Å². The number of carboxylic acids is 1. The predicted octanol–water partition coefficient (Wildman–Crippen LogP) is 0.427. The van der Waals surface area contributed by atoms with Crippen molar-refractivity contribution in [2.75, 3.05) is 13.2 Å². The first kappa shape index (κ1) is 13.0. The summed E-state index contributed by atoms with van der Waals surface area (Å²) < 4.78 is 5.23. The molecule has 2 aliphatic heterocycles. The van der Waals surface area contributed by atoms with Gasteiger partial charge in [-0.05, 0) is 18.3 Å². The van der Waals surface area contributed by atoms with Gasteiger partial charge in [-0.15, -0.1) is 0 Å². The van der Waals surface area contributed by atoms with Gasteiger partial charge in [-0.1, -0.05) is 12.2 Å². The number of amides is 2. The second-order valence-corrected chi connectivity index (χ2v) is 6.46. The van der Waals surface area contributed by atoms with Crippen LogP contribution < -0.4 is 0 Å². The highest BCUT2D eigenvalue weighted by molar-refractivity contribution is 6.10. The lowest BCUT2D eigenvalue weighted by Crippen LogP contribution is -2.60. The van der Waals surface area contributed by atoms with Crippen molar-refractivity contribution in [3.05, 3.63) is 12.2 Å². The van der Waals surface area contributed by atoms with Gasteiger partial charge in [0.25, 0.3) is 0 Å². The number of carbonyl (C=O) groups excluding carboxylic acids is 2. The molecule has 2 bridgehead atoms. The number of likely N-dealkylation sites (tertiary alicyclic amines) is 1. The molecule has 2 aliphatic carbocycles. The summed E-state index contributed by atoms with van der Waals surface area (Å²) >= 11 is 0. The van der Waals surface area contributed by atoms with Crippen molar-refractivity contribution in [3.8, 4) is 0 Å². The van der Waals surface area contributed by atoms with E-state index in [0.717, 1.165) is 11.3 Å². The first-order valence-corrected chi connectivity index (χ1v) is 7.44. The van der Waals surface area contributed by atoms with E-state index in [0.29, 0.717) is 0 Å². The Bertz CT molecular complexity index is 532. The Hall–Kier alpha value is -1.69. The standard InChI is InChI=1S/C15H17NO5/c17-12-10-8-1-2-9(7-8)11(10)13(18)16(12)15(14(19)20)3-5-21-6-4-15/h1-2,8-11H,3-7H2,(H,19,20). The van der Waals surface area contributed by atoms with Gasteiger partial charge >= 0.3 is 5.97 Å². The van der Waals surface area contributed by atoms with Crippen molar-refractivity contribution in [3.63, 3.8) is 0 Å². The van der Waals surface area contributed by atoms with Crippen LogP contribution in [0.3, 0.4) is 0 Å². The van der Waals surface area contributed by atoms with E-state index in [2.05, 4.69) is 0 Å². The Balaban J connectivity index is 1.74. The SMILES string of the molecule is O=C1C2C3C=CC(C3)C2C(=O)N1C1(C(=O)O)CCOCC1. The number of imide groups is 1. The number of ether oxygens (including phenoxy) is 1. The minimum Gasteiger partial charge on any atom is -0.479 e. The van der Waals surface area contributed by atoms with Crippen LogP contribution in [0.1, 0.15) is 19.3 Å². The van der Waals surface area contributed by atoms with Gasteiger partial charge in [0.1, 0.15) is 0 Å². The molecule has 0 aromatic carbocycles. The van der Waals surface area contributed by atoms with Crippen molar-refractivity contribution in [2.24, 2.45) is 23.7 Å². The van der Waals surface area contributed by atoms with Gasteiger partial charge in [0.15, 0.2) is 5.54 Å². The molecule has 2 heterocycles. The quantitative estimate of drug-likeness (QED) is 0.589. The average molecular weight is 291 g/mol. The van der Waals surface area contributed by atoms with E-state index in [-0.39, 0.29) is 61.5 Å². The number of hydrogen-bond donors (Lipinski definition) is 1. The molecule has 0 spiro atoms. The lowest BCUT2D eigenvalue weighted by molar-refractivity contribution is -0.170. The van der Waals surface area contributed by atoms with E-state index in [1.54, 1.807) is 0 Å². The number of fused-ring (bicyclic) bond motifs is 5. The Kier molecular flexibility index (Phi) is 2.58. The number of rotatable bonds is 2. The zero-order valence-corrected chi connectivity index (χ0v) is 11.5. The first-order valence-electron chi connectivity index (χ1n) is 7.44. The zero-order chi connectivity index (χ0) is 14.8. The van der Waals surface area contributed by atoms with E-state index < -0.39 is 11.5 Å². The second-order valence-electron chi connectivity index (χ2n) is 6.46. The second kappa shape index (κ2) is 4.16. The number of hydrogen-bond acceptors (Lipinski definition) is 4. The van der Waals surface area contributed by atoms with Crippen molar-refractivity contribution < 1.29 is 24.2 Å². The van der Waals surface area contributed by atoms with E-state index in [1.807, 2.05) is 12.2 Å². The molecule has 3 fully saturated rings. The lowest BCUT2D eigenvalue weighted by atomic mass is 9.85. The van der Waals surface area contributed by atoms with Crippen LogP contribution >= 0.6 is 0 Å². The maximum atomic E-state index is 12.8. The van der Waals surface area contributed by atoms with Crippen LogP contribution in [0.25, 0.3) is 0 Å². The van der Waals surface area contributed by atoms with Gasteiger partial charge in [-0.2, -0.15) is 0 Å². The van der Waals surface area contributed by atoms with Crippen molar-refractivity contribution in [2.45, 2.75) is 24.8 Å². The Morgan fingerprint density at radius 3 is 2.14 bits per heavy atom. The normalized spacial score (nSPS) is 39.9. The van der Waals surface area contributed by atoms with Crippen LogP contribution in [0.4, 0.5) is 0 Å². The van der Waals surface area contributed by atoms with Gasteiger partial charge in [0, 0.05) is 26.1 Å². The maximum absolute atomic E-state index is 12.8. The fourth-order valence-electron chi connectivity index (χ4n) is 4.57. The zero-order valence-electron chi connectivity index (χ0n) is 11.5. The molecule has 4 atom stereocenters. The molecule has 4 rings (SSSR count). The van der Waals surface area contributed by atoms with E-state index in [4.69, 9.17) is 4.74 Å². The molecule has 1 saturated carbocycles. The van der Waals surface area contributed by atoms with Gasteiger partial charge in [-0.25, -0.2) is 4.79 Å². The molecule has 2 amide bonds. The van der Waals surface area contributed by atoms with Crippen LogP contribution in [0.5, 0.6) is 0 Å². The van der Waals surface area contributed by atoms with E-state index in [1.165, 1.54) is 0 Å². The van der Waals surface area contributed by atoms with Crippen molar-refractivity contribution >= 4 is 17.8 Å². The minimum atomic E-state index is -1.41. The van der Waals surface area contributed by atoms with Gasteiger partial charge < -0.3 is 9.84 Å². The van der Waals surface area contributed by atoms with E-state index >= 15 is 0 Å². The molecule has 4 unspecified atom stereocenters. The topological polar surface area (TPSA) is 83.9 Å². The van der Waals surface area contributed by atoms with Crippen LogP contribution in [-0.4, -0.2) is 46.5 Å². The highest BCUT2D eigenvalue weighted by atomic mass is 16.5. The molecular weight excluding hydrogens is 274 g/mol. The Morgan fingerprint density at radius 2 is 1.67 bits per heavy atom. The third kappa shape index (κ3) is 1.48. The molecule has 6 heteroatoms. The molecule has 0 aromatic heterocycles. The summed E-state index contributed by atoms with van der Waals surface area (Å²) in [6.45, 7) is 0.535. The van der Waals surface area contributed by atoms with Gasteiger partial charge in [0.2, 0.25) is 11.8 Å². The summed E-state index contributed by atoms with van der Waals surface area (Å²) in [4.78, 5) is 38.4. The fourth-order valence-corrected chi connectivity index (χ4v) is 4.57. The number of aliphatic carboxylic acids is 1. The predicted molar refractivity (Wildman–Crippen MR) is 70.0 cm³/mol. The first-order chi connectivity index (χ1) is 10.1. The molecule has 2 saturated heterocycles. The highest BCUT2D eigenvalue weighted by Gasteiger charge is 2.65. The third-order valence-corrected chi connectivity index (χ3v) is 5.62. The maximum Gasteiger partial charge on any atom is 0.330 e. The highest BCUT2D eigenvalue weighted by Crippen LogP contribution is 2.54. The van der Waals surface area contributed by atoms with Crippen LogP contribution in [0.2, 0.25) is 0 Å². The molecule has 6 nitrogen and oxygen atoms in total. The summed E-state index contributed by atoms with van der Waals surface area (Å²) in [6.07, 6.45) is 5.24. The molecule has 1 N–H and O–H groups in total. The third-order valence-electron chi connectivity index (χ3n) is 5.62. The number of allylic oxidation sites excluding steroid dienone is 2. The van der Waals surface area contributed by atoms with Crippen LogP contribution in [0, 0.1) is 23.7 Å². The van der Waals surface area contributed by atoms with Gasteiger partial charge in [-0.3, -0.25) is 14.5 Å². The summed E-state index contributed by atoms with van der Waals surface area (Å²) in [5, 5.41) is 9.68. The van der Waals surface area contributed by atoms with Gasteiger partial charge in [0.05, 0.1) is 11.8 Å². The monoisotopic (exact) mass is 291 g/mol. The summed E-state index contributed by atoms with van der Waals surface area (Å²) in [6, 6.07) is 0. The average Bonchev–Trinajstić information content (AvgIpc) is 3.14. The van der Waals surface area contributed by atoms with Crippen molar-refractivity contribution in [1.29, 1.82) is 0 Å². The molecule has 0 radical (unpaired) electrons. The largest absolute Gasteiger partial charge is 0.479 e. The number of carboxylic acid groups (broad SMARTS) is 1. The summed E-state index contributed by atoms with van der Waals surface area (Å²) in [5.41, 5.74) is -1.41. The van der Waals surface area contributed by atoms with Crippen LogP contribution in [-0.2, 0) is 19.1 Å². The number of carbonyl (C=O) groups is 3. The Labute approximate surface area is 121 Å². The Morgan fingerprint density at radius 1 is 1.14 bits per heavy atom. The summed E-state index contributed by atoms with van der Waals surface area (Å²) in [7, 11) is 0. The molecule has 0 aromatic rings.